The second-order valence-corrected chi connectivity index (χ2v) is 5.62. The number of nitrogens with two attached hydrogens (primary N) is 1. The fourth-order valence-electron chi connectivity index (χ4n) is 1.87. The van der Waals surface area contributed by atoms with Gasteiger partial charge in [0.05, 0.1) is 6.42 Å². The molecule has 1 saturated carbocycles. The molecule has 4 N–H and O–H groups in total. The summed E-state index contributed by atoms with van der Waals surface area (Å²) < 4.78 is 0. The molecule has 1 aliphatic rings. The van der Waals surface area contributed by atoms with E-state index in [1.807, 2.05) is 0 Å². The lowest BCUT2D eigenvalue weighted by atomic mass is 10.1. The van der Waals surface area contributed by atoms with Gasteiger partial charge in [-0.05, 0) is 25.2 Å². The lowest BCUT2D eigenvalue weighted by Crippen LogP contribution is -2.50. The minimum absolute atomic E-state index is 0.191. The zero-order valence-corrected chi connectivity index (χ0v) is 12.0. The third-order valence-electron chi connectivity index (χ3n) is 3.20. The van der Waals surface area contributed by atoms with Crippen LogP contribution in [0.4, 0.5) is 4.79 Å². The molecule has 0 unspecified atom stereocenters. The number of carboxylic acids is 1. The Bertz CT molecular complexity index is 380. The van der Waals surface area contributed by atoms with Crippen LogP contribution in [0.15, 0.2) is 0 Å². The summed E-state index contributed by atoms with van der Waals surface area (Å²) in [5, 5.41) is 11.4. The standard InChI is InChI=1S/C13H23N3O4/c1-8(2)5-6-16(9-3-4-9)13(20)15-10(12(18)19)7-11(14)17/h8-10H,3-7H2,1-2H3,(H2,14,17)(H,15,20)(H,18,19)/t10-/m1/s1. The maximum absolute atomic E-state index is 12.1. The van der Waals surface area contributed by atoms with Gasteiger partial charge in [-0.15, -0.1) is 0 Å². The minimum atomic E-state index is -1.26. The van der Waals surface area contributed by atoms with Crippen LogP contribution in [0.1, 0.15) is 39.5 Å². The SMILES string of the molecule is CC(C)CCN(C(=O)N[C@H](CC(N)=O)C(=O)O)C1CC1. The molecule has 0 aliphatic heterocycles. The predicted molar refractivity (Wildman–Crippen MR) is 72.9 cm³/mol. The number of nitrogens with zero attached hydrogens (tertiary/aromatic N) is 1. The Morgan fingerprint density at radius 3 is 2.35 bits per heavy atom. The molecule has 0 bridgehead atoms. The molecule has 114 valence electrons. The number of hydrogen-bond donors (Lipinski definition) is 3. The number of primary amides is 1. The van der Waals surface area contributed by atoms with Gasteiger partial charge < -0.3 is 21.1 Å². The highest BCUT2D eigenvalue weighted by atomic mass is 16.4. The third-order valence-corrected chi connectivity index (χ3v) is 3.20. The van der Waals surface area contributed by atoms with Crippen LogP contribution < -0.4 is 11.1 Å². The summed E-state index contributed by atoms with van der Waals surface area (Å²) in [6.45, 7) is 4.73. The molecule has 0 aromatic rings. The van der Waals surface area contributed by atoms with E-state index in [0.717, 1.165) is 19.3 Å². The first kappa shape index (κ1) is 16.3. The van der Waals surface area contributed by atoms with Crippen LogP contribution in [-0.4, -0.2) is 46.5 Å². The molecular weight excluding hydrogens is 262 g/mol. The maximum Gasteiger partial charge on any atom is 0.326 e. The van der Waals surface area contributed by atoms with E-state index in [1.54, 1.807) is 4.90 Å². The molecule has 1 rings (SSSR count). The van der Waals surface area contributed by atoms with Crippen LogP contribution in [0, 0.1) is 5.92 Å². The second-order valence-electron chi connectivity index (χ2n) is 5.62. The fourth-order valence-corrected chi connectivity index (χ4v) is 1.87. The Morgan fingerprint density at radius 1 is 1.35 bits per heavy atom. The van der Waals surface area contributed by atoms with E-state index in [4.69, 9.17) is 10.8 Å². The van der Waals surface area contributed by atoms with E-state index in [2.05, 4.69) is 19.2 Å². The lowest BCUT2D eigenvalue weighted by molar-refractivity contribution is -0.141. The maximum atomic E-state index is 12.1. The molecule has 3 amide bonds. The lowest BCUT2D eigenvalue weighted by Gasteiger charge is -2.25. The highest BCUT2D eigenvalue weighted by molar-refractivity contribution is 5.87. The number of rotatable bonds is 8. The number of carboxylic acid groups (broad SMARTS) is 1. The van der Waals surface area contributed by atoms with Crippen molar-refractivity contribution in [2.75, 3.05) is 6.54 Å². The van der Waals surface area contributed by atoms with Crippen LogP contribution >= 0.6 is 0 Å². The first-order valence-electron chi connectivity index (χ1n) is 6.89. The highest BCUT2D eigenvalue weighted by Gasteiger charge is 2.34. The van der Waals surface area contributed by atoms with E-state index in [-0.39, 0.29) is 6.04 Å². The van der Waals surface area contributed by atoms with Gasteiger partial charge in [-0.25, -0.2) is 9.59 Å². The number of amides is 3. The van der Waals surface area contributed by atoms with Crippen molar-refractivity contribution in [1.29, 1.82) is 0 Å². The Hall–Kier alpha value is -1.79. The normalized spacial score (nSPS) is 15.8. The van der Waals surface area contributed by atoms with Crippen molar-refractivity contribution in [2.24, 2.45) is 11.7 Å². The zero-order chi connectivity index (χ0) is 15.3. The van der Waals surface area contributed by atoms with Gasteiger partial charge in [0.2, 0.25) is 5.91 Å². The van der Waals surface area contributed by atoms with E-state index < -0.39 is 30.4 Å². The summed E-state index contributed by atoms with van der Waals surface area (Å²) >= 11 is 0. The molecule has 7 heteroatoms. The Balaban J connectivity index is 2.59. The molecule has 0 spiro atoms. The number of carbonyl (C=O) groups is 3. The van der Waals surface area contributed by atoms with Gasteiger partial charge in [-0.1, -0.05) is 13.8 Å². The predicted octanol–water partition coefficient (Wildman–Crippen LogP) is 0.535. The molecule has 20 heavy (non-hydrogen) atoms. The summed E-state index contributed by atoms with van der Waals surface area (Å²) in [4.78, 5) is 35.6. The molecule has 0 aromatic carbocycles. The summed E-state index contributed by atoms with van der Waals surface area (Å²) in [6.07, 6.45) is 2.35. The summed E-state index contributed by atoms with van der Waals surface area (Å²) in [5.41, 5.74) is 4.99. The van der Waals surface area contributed by atoms with E-state index in [0.29, 0.717) is 12.5 Å². The second kappa shape index (κ2) is 7.12. The first-order chi connectivity index (χ1) is 9.31. The number of carbonyl (C=O) groups excluding carboxylic acids is 2. The van der Waals surface area contributed by atoms with Gasteiger partial charge >= 0.3 is 12.0 Å². The topological polar surface area (TPSA) is 113 Å². The van der Waals surface area contributed by atoms with Crippen molar-refractivity contribution in [2.45, 2.75) is 51.6 Å². The van der Waals surface area contributed by atoms with Crippen LogP contribution in [0.25, 0.3) is 0 Å². The van der Waals surface area contributed by atoms with Crippen LogP contribution in [0.2, 0.25) is 0 Å². The number of aliphatic carboxylic acids is 1. The number of nitrogens with one attached hydrogen (secondary N) is 1. The minimum Gasteiger partial charge on any atom is -0.480 e. The molecule has 0 saturated heterocycles. The Kier molecular flexibility index (Phi) is 5.79. The highest BCUT2D eigenvalue weighted by Crippen LogP contribution is 2.27. The summed E-state index contributed by atoms with van der Waals surface area (Å²) in [7, 11) is 0. The molecule has 7 nitrogen and oxygen atoms in total. The van der Waals surface area contributed by atoms with Crippen molar-refractivity contribution >= 4 is 17.9 Å². The van der Waals surface area contributed by atoms with Crippen LogP contribution in [0.3, 0.4) is 0 Å². The average Bonchev–Trinajstić information content (AvgIpc) is 3.11. The number of urea groups is 1. The third kappa shape index (κ3) is 5.46. The van der Waals surface area contributed by atoms with Crippen molar-refractivity contribution in [1.82, 2.24) is 10.2 Å². The molecule has 0 aromatic heterocycles. The molecular formula is C13H23N3O4. The van der Waals surface area contributed by atoms with Gasteiger partial charge in [0.25, 0.3) is 0 Å². The van der Waals surface area contributed by atoms with Crippen LogP contribution in [-0.2, 0) is 9.59 Å². The summed E-state index contributed by atoms with van der Waals surface area (Å²) in [5.74, 6) is -1.54. The smallest absolute Gasteiger partial charge is 0.326 e. The molecule has 1 fully saturated rings. The van der Waals surface area contributed by atoms with Gasteiger partial charge in [0.15, 0.2) is 0 Å². The van der Waals surface area contributed by atoms with Crippen molar-refractivity contribution < 1.29 is 19.5 Å². The quantitative estimate of drug-likeness (QED) is 0.604. The van der Waals surface area contributed by atoms with Gasteiger partial charge in [-0.3, -0.25) is 4.79 Å². The zero-order valence-electron chi connectivity index (χ0n) is 12.0. The van der Waals surface area contributed by atoms with Crippen molar-refractivity contribution in [3.63, 3.8) is 0 Å². The van der Waals surface area contributed by atoms with Crippen molar-refractivity contribution in [3.05, 3.63) is 0 Å². The summed E-state index contributed by atoms with van der Waals surface area (Å²) in [6, 6.07) is -1.50. The monoisotopic (exact) mass is 285 g/mol. The Morgan fingerprint density at radius 2 is 1.95 bits per heavy atom. The first-order valence-corrected chi connectivity index (χ1v) is 6.89. The molecule has 1 aliphatic carbocycles. The van der Waals surface area contributed by atoms with Crippen LogP contribution in [0.5, 0.6) is 0 Å². The fraction of sp³-hybridized carbons (Fsp3) is 0.769. The Labute approximate surface area is 118 Å². The number of hydrogen-bond acceptors (Lipinski definition) is 3. The molecule has 1 atom stereocenters. The van der Waals surface area contributed by atoms with E-state index in [9.17, 15) is 14.4 Å². The average molecular weight is 285 g/mol. The molecule has 0 radical (unpaired) electrons. The largest absolute Gasteiger partial charge is 0.480 e. The van der Waals surface area contributed by atoms with Gasteiger partial charge in [0, 0.05) is 12.6 Å². The van der Waals surface area contributed by atoms with Gasteiger partial charge in [0.1, 0.15) is 6.04 Å². The van der Waals surface area contributed by atoms with Crippen molar-refractivity contribution in [3.8, 4) is 0 Å². The van der Waals surface area contributed by atoms with Gasteiger partial charge in [-0.2, -0.15) is 0 Å². The van der Waals surface area contributed by atoms with E-state index >= 15 is 0 Å². The molecule has 0 heterocycles. The van der Waals surface area contributed by atoms with E-state index in [1.165, 1.54) is 0 Å².